The van der Waals surface area contributed by atoms with E-state index in [1.807, 2.05) is 6.92 Å². The number of aryl methyl sites for hydroxylation is 1. The maximum atomic E-state index is 12.6. The minimum Gasteiger partial charge on any atom is -0.496 e. The molecule has 2 aromatic rings. The van der Waals surface area contributed by atoms with Crippen molar-refractivity contribution < 1.29 is 19.4 Å². The topological polar surface area (TPSA) is 75.6 Å². The van der Waals surface area contributed by atoms with Crippen molar-refractivity contribution in [3.63, 3.8) is 0 Å². The summed E-state index contributed by atoms with van der Waals surface area (Å²) in [6, 6.07) is 13.7. The third-order valence-electron chi connectivity index (χ3n) is 4.16. The summed E-state index contributed by atoms with van der Waals surface area (Å²) in [5, 5.41) is 12.5. The third kappa shape index (κ3) is 3.25. The normalized spacial score (nSPS) is 13.0. The number of methoxy groups -OCH3 is 1. The summed E-state index contributed by atoms with van der Waals surface area (Å²) >= 11 is 0. The number of amides is 1. The van der Waals surface area contributed by atoms with E-state index in [-0.39, 0.29) is 6.42 Å². The van der Waals surface area contributed by atoms with Gasteiger partial charge < -0.3 is 15.2 Å². The second kappa shape index (κ2) is 7.17. The van der Waals surface area contributed by atoms with E-state index in [1.165, 1.54) is 7.11 Å². The van der Waals surface area contributed by atoms with Crippen molar-refractivity contribution in [1.29, 1.82) is 0 Å². The lowest BCUT2D eigenvalue weighted by atomic mass is 9.87. The van der Waals surface area contributed by atoms with Crippen molar-refractivity contribution in [3.05, 3.63) is 65.2 Å². The smallest absolute Gasteiger partial charge is 0.334 e. The number of carboxylic acids is 1. The van der Waals surface area contributed by atoms with Crippen molar-refractivity contribution >= 4 is 11.9 Å². The van der Waals surface area contributed by atoms with E-state index in [2.05, 4.69) is 5.32 Å². The van der Waals surface area contributed by atoms with Crippen LogP contribution in [0, 0.1) is 6.92 Å². The number of ether oxygens (including phenoxy) is 1. The van der Waals surface area contributed by atoms with Crippen LogP contribution in [0.4, 0.5) is 0 Å². The van der Waals surface area contributed by atoms with Crippen LogP contribution in [-0.4, -0.2) is 24.1 Å². The summed E-state index contributed by atoms with van der Waals surface area (Å²) in [5.41, 5.74) is 0.313. The molecule has 0 saturated heterocycles. The van der Waals surface area contributed by atoms with Crippen LogP contribution in [0.3, 0.4) is 0 Å². The Labute approximate surface area is 141 Å². The monoisotopic (exact) mass is 327 g/mol. The number of aliphatic carboxylic acids is 1. The van der Waals surface area contributed by atoms with Gasteiger partial charge in [-0.2, -0.15) is 0 Å². The molecule has 2 N–H and O–H groups in total. The molecule has 5 heteroatoms. The molecule has 0 saturated carbocycles. The van der Waals surface area contributed by atoms with Gasteiger partial charge in [-0.25, -0.2) is 4.79 Å². The zero-order valence-corrected chi connectivity index (χ0v) is 14.0. The Balaban J connectivity index is 2.40. The fourth-order valence-corrected chi connectivity index (χ4v) is 2.64. The number of carbonyl (C=O) groups is 2. The molecule has 0 aliphatic carbocycles. The molecule has 126 valence electrons. The number of nitrogens with one attached hydrogen (secondary N) is 1. The maximum absolute atomic E-state index is 12.6. The summed E-state index contributed by atoms with van der Waals surface area (Å²) in [6.45, 7) is 3.61. The van der Waals surface area contributed by atoms with Gasteiger partial charge in [0.25, 0.3) is 5.91 Å². The second-order valence-electron chi connectivity index (χ2n) is 5.57. The molecule has 0 spiro atoms. The van der Waals surface area contributed by atoms with Crippen LogP contribution in [-0.2, 0) is 10.3 Å². The molecule has 5 nitrogen and oxygen atoms in total. The number of carbonyl (C=O) groups excluding carboxylic acids is 1. The predicted molar refractivity (Wildman–Crippen MR) is 91.2 cm³/mol. The highest BCUT2D eigenvalue weighted by Gasteiger charge is 2.40. The van der Waals surface area contributed by atoms with Gasteiger partial charge in [0.2, 0.25) is 0 Å². The highest BCUT2D eigenvalue weighted by Crippen LogP contribution is 2.27. The lowest BCUT2D eigenvalue weighted by molar-refractivity contribution is -0.145. The van der Waals surface area contributed by atoms with E-state index >= 15 is 0 Å². The molecule has 2 rings (SSSR count). The number of hydrogen-bond donors (Lipinski definition) is 2. The molecule has 1 atom stereocenters. The van der Waals surface area contributed by atoms with Crippen molar-refractivity contribution in [2.45, 2.75) is 25.8 Å². The zero-order chi connectivity index (χ0) is 17.7. The van der Waals surface area contributed by atoms with Crippen molar-refractivity contribution in [1.82, 2.24) is 5.32 Å². The molecule has 0 radical (unpaired) electrons. The first-order chi connectivity index (χ1) is 11.4. The number of benzene rings is 2. The van der Waals surface area contributed by atoms with E-state index in [9.17, 15) is 14.7 Å². The van der Waals surface area contributed by atoms with Gasteiger partial charge >= 0.3 is 5.97 Å². The molecule has 1 unspecified atom stereocenters. The fraction of sp³-hybridized carbons (Fsp3) is 0.263. The number of hydrogen-bond acceptors (Lipinski definition) is 3. The molecule has 24 heavy (non-hydrogen) atoms. The van der Waals surface area contributed by atoms with Gasteiger partial charge in [-0.1, -0.05) is 43.3 Å². The van der Waals surface area contributed by atoms with E-state index in [1.54, 1.807) is 55.5 Å². The van der Waals surface area contributed by atoms with E-state index in [0.29, 0.717) is 16.9 Å². The largest absolute Gasteiger partial charge is 0.496 e. The van der Waals surface area contributed by atoms with Gasteiger partial charge in [0.05, 0.1) is 7.11 Å². The summed E-state index contributed by atoms with van der Waals surface area (Å²) in [6.07, 6.45) is 0.223. The quantitative estimate of drug-likeness (QED) is 0.855. The highest BCUT2D eigenvalue weighted by molar-refractivity contribution is 5.98. The zero-order valence-electron chi connectivity index (χ0n) is 14.0. The number of rotatable bonds is 6. The Hall–Kier alpha value is -2.82. The molecule has 0 fully saturated rings. The highest BCUT2D eigenvalue weighted by atomic mass is 16.5. The Bertz CT molecular complexity index is 742. The average molecular weight is 327 g/mol. The molecule has 0 aliphatic rings. The standard InChI is InChI=1S/C19H21NO4/c1-4-19(18(22)23,15-8-6-5-7-9-15)20-17(21)14-11-10-13(2)16(12-14)24-3/h5-12H,4H2,1-3H3,(H,20,21)(H,22,23). The fourth-order valence-electron chi connectivity index (χ4n) is 2.64. The van der Waals surface area contributed by atoms with Crippen LogP contribution in [0.15, 0.2) is 48.5 Å². The molecule has 1 amide bonds. The van der Waals surface area contributed by atoms with Gasteiger partial charge in [-0.3, -0.25) is 4.79 Å². The summed E-state index contributed by atoms with van der Waals surface area (Å²) in [4.78, 5) is 24.6. The number of carboxylic acid groups (broad SMARTS) is 1. The van der Waals surface area contributed by atoms with Crippen LogP contribution >= 0.6 is 0 Å². The molecule has 0 aliphatic heterocycles. The van der Waals surface area contributed by atoms with Gasteiger partial charge in [0.1, 0.15) is 5.75 Å². The van der Waals surface area contributed by atoms with E-state index in [4.69, 9.17) is 4.74 Å². The minimum absolute atomic E-state index is 0.223. The molecule has 0 aromatic heterocycles. The second-order valence-corrected chi connectivity index (χ2v) is 5.57. The van der Waals surface area contributed by atoms with Crippen molar-refractivity contribution in [2.75, 3.05) is 7.11 Å². The van der Waals surface area contributed by atoms with E-state index in [0.717, 1.165) is 5.56 Å². The summed E-state index contributed by atoms with van der Waals surface area (Å²) in [5.74, 6) is -0.968. The van der Waals surface area contributed by atoms with Crippen molar-refractivity contribution in [2.24, 2.45) is 0 Å². The van der Waals surface area contributed by atoms with Gasteiger partial charge in [0.15, 0.2) is 5.54 Å². The van der Waals surface area contributed by atoms with Gasteiger partial charge in [-0.05, 0) is 36.6 Å². The molecule has 0 bridgehead atoms. The molecular formula is C19H21NO4. The van der Waals surface area contributed by atoms with Crippen LogP contribution in [0.2, 0.25) is 0 Å². The lowest BCUT2D eigenvalue weighted by Gasteiger charge is -2.30. The lowest BCUT2D eigenvalue weighted by Crippen LogP contribution is -2.51. The third-order valence-corrected chi connectivity index (χ3v) is 4.16. The SMILES string of the molecule is CCC(NC(=O)c1ccc(C)c(OC)c1)(C(=O)O)c1ccccc1. The van der Waals surface area contributed by atoms with E-state index < -0.39 is 17.4 Å². The Morgan fingerprint density at radius 1 is 1.17 bits per heavy atom. The average Bonchev–Trinajstić information content (AvgIpc) is 2.60. The first-order valence-electron chi connectivity index (χ1n) is 7.70. The van der Waals surface area contributed by atoms with Gasteiger partial charge in [0, 0.05) is 5.56 Å². The molecule has 2 aromatic carbocycles. The Kier molecular flexibility index (Phi) is 5.24. The van der Waals surface area contributed by atoms with Gasteiger partial charge in [-0.15, -0.1) is 0 Å². The Morgan fingerprint density at radius 3 is 2.38 bits per heavy atom. The van der Waals surface area contributed by atoms with Crippen LogP contribution in [0.5, 0.6) is 5.75 Å². The molecular weight excluding hydrogens is 306 g/mol. The van der Waals surface area contributed by atoms with Crippen LogP contribution in [0.1, 0.15) is 34.8 Å². The first kappa shape index (κ1) is 17.5. The summed E-state index contributed by atoms with van der Waals surface area (Å²) in [7, 11) is 1.53. The Morgan fingerprint density at radius 2 is 1.83 bits per heavy atom. The maximum Gasteiger partial charge on any atom is 0.334 e. The summed E-state index contributed by atoms with van der Waals surface area (Å²) < 4.78 is 5.23. The first-order valence-corrected chi connectivity index (χ1v) is 7.70. The van der Waals surface area contributed by atoms with Crippen LogP contribution in [0.25, 0.3) is 0 Å². The predicted octanol–water partition coefficient (Wildman–Crippen LogP) is 3.12. The van der Waals surface area contributed by atoms with Crippen molar-refractivity contribution in [3.8, 4) is 5.75 Å². The minimum atomic E-state index is -1.48. The van der Waals surface area contributed by atoms with Crippen LogP contribution < -0.4 is 10.1 Å². The molecule has 0 heterocycles.